The highest BCUT2D eigenvalue weighted by molar-refractivity contribution is 7.92. The SMILES string of the molecule is CCNC(=O)[C@@H](Cc1ccccc1)N(Cc1ccccc1Cl)C(=O)CN(c1cc(C)ccc1OC)S(=O)(=O)c1ccc(C)cc1. The number of nitrogens with zero attached hydrogens (tertiary/aromatic N) is 2. The van der Waals surface area contributed by atoms with E-state index < -0.39 is 28.5 Å². The number of methoxy groups -OCH3 is 1. The fraction of sp³-hybridized carbons (Fsp3) is 0.257. The molecule has 4 aromatic rings. The number of rotatable bonds is 13. The topological polar surface area (TPSA) is 96.0 Å². The lowest BCUT2D eigenvalue weighted by atomic mass is 10.0. The smallest absolute Gasteiger partial charge is 0.264 e. The van der Waals surface area contributed by atoms with Crippen LogP contribution in [0.4, 0.5) is 5.69 Å². The van der Waals surface area contributed by atoms with Crippen LogP contribution in [-0.2, 0) is 32.6 Å². The molecule has 8 nitrogen and oxygen atoms in total. The Morgan fingerprint density at radius 1 is 0.889 bits per heavy atom. The molecule has 0 fully saturated rings. The molecule has 0 aliphatic rings. The molecule has 0 saturated heterocycles. The van der Waals surface area contributed by atoms with Gasteiger partial charge in [-0.25, -0.2) is 8.42 Å². The number of likely N-dealkylation sites (N-methyl/N-ethyl adjacent to an activating group) is 1. The minimum atomic E-state index is -4.27. The summed E-state index contributed by atoms with van der Waals surface area (Å²) in [5, 5.41) is 3.28. The van der Waals surface area contributed by atoms with E-state index >= 15 is 0 Å². The van der Waals surface area contributed by atoms with E-state index in [2.05, 4.69) is 5.32 Å². The number of sulfonamides is 1. The van der Waals surface area contributed by atoms with Crippen LogP contribution in [0.15, 0.2) is 102 Å². The van der Waals surface area contributed by atoms with Crippen LogP contribution in [0.1, 0.15) is 29.2 Å². The fourth-order valence-electron chi connectivity index (χ4n) is 5.00. The lowest BCUT2D eigenvalue weighted by Gasteiger charge is -2.34. The van der Waals surface area contributed by atoms with E-state index in [0.29, 0.717) is 17.1 Å². The molecule has 45 heavy (non-hydrogen) atoms. The first-order valence-corrected chi connectivity index (χ1v) is 16.5. The van der Waals surface area contributed by atoms with Crippen molar-refractivity contribution in [3.63, 3.8) is 0 Å². The lowest BCUT2D eigenvalue weighted by Crippen LogP contribution is -2.53. The van der Waals surface area contributed by atoms with Gasteiger partial charge in [-0.2, -0.15) is 0 Å². The molecule has 0 bridgehead atoms. The maximum absolute atomic E-state index is 14.6. The largest absolute Gasteiger partial charge is 0.495 e. The van der Waals surface area contributed by atoms with Crippen LogP contribution in [0, 0.1) is 13.8 Å². The molecule has 0 spiro atoms. The maximum Gasteiger partial charge on any atom is 0.264 e. The molecule has 1 N–H and O–H groups in total. The van der Waals surface area contributed by atoms with Gasteiger partial charge < -0.3 is 15.0 Å². The molecule has 0 saturated carbocycles. The number of nitrogens with one attached hydrogen (secondary N) is 1. The van der Waals surface area contributed by atoms with Crippen LogP contribution in [0.2, 0.25) is 5.02 Å². The molecular weight excluding hydrogens is 610 g/mol. The lowest BCUT2D eigenvalue weighted by molar-refractivity contribution is -0.140. The van der Waals surface area contributed by atoms with Crippen LogP contribution in [0.3, 0.4) is 0 Å². The van der Waals surface area contributed by atoms with E-state index in [-0.39, 0.29) is 35.2 Å². The van der Waals surface area contributed by atoms with Gasteiger partial charge in [0.1, 0.15) is 18.3 Å². The van der Waals surface area contributed by atoms with Gasteiger partial charge in [0.15, 0.2) is 0 Å². The zero-order valence-electron chi connectivity index (χ0n) is 25.9. The van der Waals surface area contributed by atoms with Gasteiger partial charge in [0.2, 0.25) is 11.8 Å². The van der Waals surface area contributed by atoms with Crippen molar-refractivity contribution < 1.29 is 22.7 Å². The van der Waals surface area contributed by atoms with E-state index in [9.17, 15) is 18.0 Å². The third-order valence-corrected chi connectivity index (χ3v) is 9.55. The fourth-order valence-corrected chi connectivity index (χ4v) is 6.61. The van der Waals surface area contributed by atoms with Crippen LogP contribution in [-0.4, -0.2) is 51.4 Å². The number of halogens is 1. The third-order valence-electron chi connectivity index (χ3n) is 7.41. The summed E-state index contributed by atoms with van der Waals surface area (Å²) in [6.07, 6.45) is 0.210. The summed E-state index contributed by atoms with van der Waals surface area (Å²) in [5.41, 5.74) is 3.34. The highest BCUT2D eigenvalue weighted by Crippen LogP contribution is 2.34. The second-order valence-electron chi connectivity index (χ2n) is 10.7. The van der Waals surface area contributed by atoms with E-state index in [1.807, 2.05) is 44.2 Å². The molecule has 10 heteroatoms. The summed E-state index contributed by atoms with van der Waals surface area (Å²) in [6.45, 7) is 5.24. The van der Waals surface area contributed by atoms with Crippen molar-refractivity contribution in [3.05, 3.63) is 124 Å². The van der Waals surface area contributed by atoms with Crippen molar-refractivity contribution in [1.82, 2.24) is 10.2 Å². The standard InChI is InChI=1S/C35H38ClN3O5S/c1-5-37-35(41)32(22-27-11-7-6-8-12-27)38(23-28-13-9-10-14-30(28)36)34(40)24-39(31-21-26(3)17-20-33(31)44-4)45(42,43)29-18-15-25(2)16-19-29/h6-21,32H,5,22-24H2,1-4H3,(H,37,41)/t32-/m1/s1. The monoisotopic (exact) mass is 647 g/mol. The van der Waals surface area contributed by atoms with E-state index in [4.69, 9.17) is 16.3 Å². The Hall–Kier alpha value is -4.34. The molecule has 236 valence electrons. The number of carbonyl (C=O) groups excluding carboxylic acids is 2. The van der Waals surface area contributed by atoms with Gasteiger partial charge in [0.05, 0.1) is 17.7 Å². The molecule has 4 aromatic carbocycles. The molecule has 0 aromatic heterocycles. The number of benzene rings is 4. The summed E-state index contributed by atoms with van der Waals surface area (Å²) in [6, 6.07) is 27.1. The van der Waals surface area contributed by atoms with Crippen LogP contribution < -0.4 is 14.4 Å². The summed E-state index contributed by atoms with van der Waals surface area (Å²) < 4.78 is 35.2. The Balaban J connectivity index is 1.85. The number of anilines is 1. The van der Waals surface area contributed by atoms with Crippen LogP contribution in [0.25, 0.3) is 0 Å². The summed E-state index contributed by atoms with van der Waals surface area (Å²) in [5.74, 6) is -0.657. The number of hydrogen-bond acceptors (Lipinski definition) is 5. The maximum atomic E-state index is 14.6. The quantitative estimate of drug-likeness (QED) is 0.194. The van der Waals surface area contributed by atoms with Gasteiger partial charge in [-0.1, -0.05) is 83.9 Å². The van der Waals surface area contributed by atoms with Gasteiger partial charge >= 0.3 is 0 Å². The molecule has 0 aliphatic carbocycles. The Labute approximate surface area is 270 Å². The highest BCUT2D eigenvalue weighted by Gasteiger charge is 2.35. The summed E-state index contributed by atoms with van der Waals surface area (Å²) in [7, 11) is -2.82. The van der Waals surface area contributed by atoms with Gasteiger partial charge in [-0.3, -0.25) is 13.9 Å². The second-order valence-corrected chi connectivity index (χ2v) is 13.0. The van der Waals surface area contributed by atoms with Crippen molar-refractivity contribution >= 4 is 39.1 Å². The molecule has 4 rings (SSSR count). The van der Waals surface area contributed by atoms with Crippen LogP contribution >= 0.6 is 11.6 Å². The first-order chi connectivity index (χ1) is 21.5. The van der Waals surface area contributed by atoms with Crippen LogP contribution in [0.5, 0.6) is 5.75 Å². The average Bonchev–Trinajstić information content (AvgIpc) is 3.03. The Bertz CT molecular complexity index is 1730. The Kier molecular flexibility index (Phi) is 11.3. The molecule has 0 unspecified atom stereocenters. The van der Waals surface area contributed by atoms with E-state index in [1.54, 1.807) is 61.5 Å². The van der Waals surface area contributed by atoms with E-state index in [1.165, 1.54) is 24.1 Å². The molecular formula is C35H38ClN3O5S. The van der Waals surface area contributed by atoms with Crippen molar-refractivity contribution in [3.8, 4) is 5.75 Å². The molecule has 0 aliphatic heterocycles. The summed E-state index contributed by atoms with van der Waals surface area (Å²) >= 11 is 6.54. The first kappa shape index (κ1) is 33.6. The van der Waals surface area contributed by atoms with Gasteiger partial charge in [0, 0.05) is 24.5 Å². The predicted octanol–water partition coefficient (Wildman–Crippen LogP) is 5.94. The van der Waals surface area contributed by atoms with Crippen molar-refractivity contribution in [2.45, 2.75) is 44.7 Å². The normalized spacial score (nSPS) is 11.8. The zero-order chi connectivity index (χ0) is 32.6. The summed E-state index contributed by atoms with van der Waals surface area (Å²) in [4.78, 5) is 29.6. The van der Waals surface area contributed by atoms with Gasteiger partial charge in [0.25, 0.3) is 10.0 Å². The highest BCUT2D eigenvalue weighted by atomic mass is 35.5. The average molecular weight is 648 g/mol. The molecule has 0 heterocycles. The Morgan fingerprint density at radius 2 is 1.53 bits per heavy atom. The molecule has 1 atom stereocenters. The minimum absolute atomic E-state index is 0.0173. The minimum Gasteiger partial charge on any atom is -0.495 e. The Morgan fingerprint density at radius 3 is 2.18 bits per heavy atom. The number of aryl methyl sites for hydroxylation is 2. The number of amides is 2. The second kappa shape index (κ2) is 15.1. The first-order valence-electron chi connectivity index (χ1n) is 14.6. The van der Waals surface area contributed by atoms with Gasteiger partial charge in [-0.05, 0) is 67.8 Å². The number of carbonyl (C=O) groups is 2. The van der Waals surface area contributed by atoms with E-state index in [0.717, 1.165) is 21.0 Å². The predicted molar refractivity (Wildman–Crippen MR) is 178 cm³/mol. The van der Waals surface area contributed by atoms with Crippen molar-refractivity contribution in [2.24, 2.45) is 0 Å². The molecule has 0 radical (unpaired) electrons. The number of ether oxygens (including phenoxy) is 1. The zero-order valence-corrected chi connectivity index (χ0v) is 27.4. The molecule has 2 amide bonds. The van der Waals surface area contributed by atoms with Crippen molar-refractivity contribution in [1.29, 1.82) is 0 Å². The van der Waals surface area contributed by atoms with Gasteiger partial charge in [-0.15, -0.1) is 0 Å². The van der Waals surface area contributed by atoms with Crippen molar-refractivity contribution in [2.75, 3.05) is 24.5 Å². The number of hydrogen-bond donors (Lipinski definition) is 1. The third kappa shape index (κ3) is 8.23.